The fourth-order valence-electron chi connectivity index (χ4n) is 8.71. The summed E-state index contributed by atoms with van der Waals surface area (Å²) in [6.45, 7) is 0. The van der Waals surface area contributed by atoms with Gasteiger partial charge in [0.05, 0.1) is 22.2 Å². The fourth-order valence-corrected chi connectivity index (χ4v) is 9.22. The third-order valence-electron chi connectivity index (χ3n) is 10.3. The minimum Gasteiger partial charge on any atom is -0.273 e. The number of amides is 2. The Hall–Kier alpha value is -5.02. The summed E-state index contributed by atoms with van der Waals surface area (Å²) >= 11 is 13.4. The van der Waals surface area contributed by atoms with Crippen LogP contribution >= 0.6 is 23.2 Å². The van der Waals surface area contributed by atoms with E-state index in [1.807, 2.05) is 78.9 Å². The van der Waals surface area contributed by atoms with Crippen LogP contribution in [0.25, 0.3) is 0 Å². The molecular formula is C37H23Cl2N3O5. The Bertz CT molecular complexity index is 2150. The maximum atomic E-state index is 15.7. The molecule has 2 amide bonds. The zero-order chi connectivity index (χ0) is 32.2. The van der Waals surface area contributed by atoms with Crippen molar-refractivity contribution in [2.24, 2.45) is 5.41 Å². The first-order chi connectivity index (χ1) is 22.8. The van der Waals surface area contributed by atoms with Gasteiger partial charge in [-0.05, 0) is 58.1 Å². The predicted octanol–water partition coefficient (Wildman–Crippen LogP) is 7.98. The van der Waals surface area contributed by atoms with E-state index in [0.717, 1.165) is 27.2 Å². The van der Waals surface area contributed by atoms with E-state index < -0.39 is 45.6 Å². The van der Waals surface area contributed by atoms with Crippen molar-refractivity contribution in [1.82, 2.24) is 0 Å². The minimum absolute atomic E-state index is 0.104. The normalized spacial score (nSPS) is 26.6. The highest BCUT2D eigenvalue weighted by atomic mass is 35.5. The van der Waals surface area contributed by atoms with Gasteiger partial charge in [0, 0.05) is 28.1 Å². The summed E-state index contributed by atoms with van der Waals surface area (Å²) in [6, 6.07) is 34.9. The average molecular weight is 661 g/mol. The highest BCUT2D eigenvalue weighted by molar-refractivity contribution is 6.35. The number of non-ortho nitro benzene ring substituents is 1. The Morgan fingerprint density at radius 1 is 0.660 bits per heavy atom. The minimum atomic E-state index is -1.79. The summed E-state index contributed by atoms with van der Waals surface area (Å²) in [5.74, 6) is -2.44. The molecule has 3 aliphatic carbocycles. The predicted molar refractivity (Wildman–Crippen MR) is 177 cm³/mol. The van der Waals surface area contributed by atoms with Gasteiger partial charge in [-0.25, -0.2) is 9.96 Å². The number of para-hydroxylation sites is 1. The molecule has 0 saturated carbocycles. The molecule has 0 aromatic heterocycles. The molecule has 47 heavy (non-hydrogen) atoms. The Morgan fingerprint density at radius 2 is 1.26 bits per heavy atom. The van der Waals surface area contributed by atoms with Crippen LogP contribution in [-0.4, -0.2) is 22.3 Å². The van der Waals surface area contributed by atoms with Gasteiger partial charge in [0.2, 0.25) is 11.5 Å². The molecular weight excluding hydrogens is 637 g/mol. The molecule has 5 aromatic carbocycles. The van der Waals surface area contributed by atoms with E-state index in [4.69, 9.17) is 28.0 Å². The number of halogens is 2. The zero-order valence-electron chi connectivity index (χ0n) is 24.4. The Kier molecular flexibility index (Phi) is 5.85. The number of carbonyl (C=O) groups excluding carboxylic acids is 2. The topological polar surface area (TPSA) is 93.0 Å². The molecule has 10 rings (SSSR count). The third-order valence-corrected chi connectivity index (χ3v) is 10.8. The Labute approximate surface area is 278 Å². The van der Waals surface area contributed by atoms with Crippen LogP contribution in [0.15, 0.2) is 121 Å². The zero-order valence-corrected chi connectivity index (χ0v) is 25.9. The number of imide groups is 1. The van der Waals surface area contributed by atoms with E-state index in [0.29, 0.717) is 21.3 Å². The van der Waals surface area contributed by atoms with Gasteiger partial charge in [-0.2, -0.15) is 0 Å². The molecule has 3 unspecified atom stereocenters. The maximum absolute atomic E-state index is 15.7. The second kappa shape index (κ2) is 9.75. The van der Waals surface area contributed by atoms with Crippen LogP contribution in [0, 0.1) is 15.5 Å². The van der Waals surface area contributed by atoms with E-state index in [9.17, 15) is 10.1 Å². The van der Waals surface area contributed by atoms with Crippen molar-refractivity contribution >= 4 is 52.1 Å². The Balaban J connectivity index is 1.43. The number of hydrogen-bond acceptors (Lipinski definition) is 6. The maximum Gasteiger partial charge on any atom is 0.271 e. The van der Waals surface area contributed by atoms with E-state index in [2.05, 4.69) is 0 Å². The van der Waals surface area contributed by atoms with Gasteiger partial charge in [-0.3, -0.25) is 24.5 Å². The first-order valence-corrected chi connectivity index (χ1v) is 15.9. The number of hydroxylamine groups is 1. The van der Waals surface area contributed by atoms with E-state index in [-0.39, 0.29) is 11.4 Å². The summed E-state index contributed by atoms with van der Waals surface area (Å²) in [6.07, 6.45) is 0. The van der Waals surface area contributed by atoms with E-state index in [1.54, 1.807) is 29.3 Å². The molecule has 2 saturated heterocycles. The van der Waals surface area contributed by atoms with Gasteiger partial charge in [0.25, 0.3) is 11.6 Å². The second-order valence-corrected chi connectivity index (χ2v) is 13.1. The number of nitrogens with zero attached hydrogens (tertiary/aromatic N) is 3. The average Bonchev–Trinajstić information content (AvgIpc) is 3.52. The molecule has 0 spiro atoms. The standard InChI is InChI=1S/C37H23Cl2N3O5/c38-21-17-18-29(30(39)19-21)33-36-31-25-13-4-6-15-27(25)32(28-16-7-5-14-26(28)31)37(36,47-41(33)22-9-2-1-3-10-22)35(44)40(34(36)43)23-11-8-12-24(20-23)42(45)46/h1-20,31-33H. The van der Waals surface area contributed by atoms with Crippen LogP contribution in [0.1, 0.15) is 45.7 Å². The molecule has 10 heteroatoms. The number of nitro benzene ring substituents is 1. The SMILES string of the molecule is O=C1N(c2cccc([N+](=O)[O-])c2)C(=O)C23C4c5ccccc5C(c5ccccc54)C12ON(c1ccccc1)C3c1ccc(Cl)cc1Cl. The number of anilines is 2. The first kappa shape index (κ1) is 28.2. The number of rotatable bonds is 4. The van der Waals surface area contributed by atoms with Crippen molar-refractivity contribution < 1.29 is 19.3 Å². The quantitative estimate of drug-likeness (QED) is 0.110. The van der Waals surface area contributed by atoms with Crippen molar-refractivity contribution in [3.63, 3.8) is 0 Å². The number of carbonyl (C=O) groups is 2. The fraction of sp³-hybridized carbons (Fsp3) is 0.135. The Morgan fingerprint density at radius 3 is 1.87 bits per heavy atom. The molecule has 3 atom stereocenters. The van der Waals surface area contributed by atoms with Crippen molar-refractivity contribution in [3.05, 3.63) is 169 Å². The molecule has 2 fully saturated rings. The van der Waals surface area contributed by atoms with Gasteiger partial charge in [-0.15, -0.1) is 0 Å². The molecule has 230 valence electrons. The molecule has 2 heterocycles. The van der Waals surface area contributed by atoms with Crippen LogP contribution < -0.4 is 9.96 Å². The molecule has 2 bridgehead atoms. The lowest BCUT2D eigenvalue weighted by atomic mass is 9.43. The van der Waals surface area contributed by atoms with Gasteiger partial charge in [0.15, 0.2) is 0 Å². The number of hydrogen-bond donors (Lipinski definition) is 0. The number of nitro groups is 1. The number of benzene rings is 5. The summed E-state index contributed by atoms with van der Waals surface area (Å²) < 4.78 is 0. The van der Waals surface area contributed by atoms with Crippen molar-refractivity contribution in [3.8, 4) is 0 Å². The van der Waals surface area contributed by atoms with Crippen LogP contribution in [0.3, 0.4) is 0 Å². The highest BCUT2D eigenvalue weighted by Crippen LogP contribution is 2.78. The van der Waals surface area contributed by atoms with Gasteiger partial charge < -0.3 is 0 Å². The van der Waals surface area contributed by atoms with Crippen molar-refractivity contribution in [2.45, 2.75) is 23.5 Å². The smallest absolute Gasteiger partial charge is 0.271 e. The van der Waals surface area contributed by atoms with E-state index in [1.165, 1.54) is 18.2 Å². The lowest BCUT2D eigenvalue weighted by Crippen LogP contribution is -2.63. The molecule has 0 N–H and O–H groups in total. The molecule has 5 aliphatic rings. The highest BCUT2D eigenvalue weighted by Gasteiger charge is 2.88. The van der Waals surface area contributed by atoms with Crippen LogP contribution in [0.4, 0.5) is 17.1 Å². The van der Waals surface area contributed by atoms with E-state index >= 15 is 9.59 Å². The summed E-state index contributed by atoms with van der Waals surface area (Å²) in [5, 5.41) is 14.3. The molecule has 8 nitrogen and oxygen atoms in total. The van der Waals surface area contributed by atoms with Crippen LogP contribution in [0.5, 0.6) is 0 Å². The lowest BCUT2D eigenvalue weighted by molar-refractivity contribution is -0.384. The van der Waals surface area contributed by atoms with Crippen LogP contribution in [-0.2, 0) is 14.4 Å². The molecule has 0 radical (unpaired) electrons. The monoisotopic (exact) mass is 659 g/mol. The molecule has 5 aromatic rings. The van der Waals surface area contributed by atoms with Crippen LogP contribution in [0.2, 0.25) is 10.0 Å². The summed E-state index contributed by atoms with van der Waals surface area (Å²) in [5.41, 5.74) is 1.30. The van der Waals surface area contributed by atoms with Gasteiger partial charge >= 0.3 is 0 Å². The second-order valence-electron chi connectivity index (χ2n) is 12.3. The van der Waals surface area contributed by atoms with Gasteiger partial charge in [0.1, 0.15) is 11.5 Å². The van der Waals surface area contributed by atoms with Crippen molar-refractivity contribution in [2.75, 3.05) is 9.96 Å². The largest absolute Gasteiger partial charge is 0.273 e. The van der Waals surface area contributed by atoms with Gasteiger partial charge in [-0.1, -0.05) is 102 Å². The van der Waals surface area contributed by atoms with Crippen molar-refractivity contribution in [1.29, 1.82) is 0 Å². The third kappa shape index (κ3) is 3.37. The summed E-state index contributed by atoms with van der Waals surface area (Å²) in [4.78, 5) is 50.8. The first-order valence-electron chi connectivity index (χ1n) is 15.1. The lowest BCUT2D eigenvalue weighted by Gasteiger charge is -2.55. The summed E-state index contributed by atoms with van der Waals surface area (Å²) in [7, 11) is 0. The molecule has 2 aliphatic heterocycles.